The van der Waals surface area contributed by atoms with E-state index < -0.39 is 17.6 Å². The average Bonchev–Trinajstić information content (AvgIpc) is 3.21. The standard InChI is InChI=1S/C15H9ClF3N3OS2/c16-10-8-4-3-7(15(17,18)19)5-9(8)24-11(10)12(23)20-14-22-21-13(25-14)6-1-2-6/h3-6H,1-2H2,(H,20,22,23). The van der Waals surface area contributed by atoms with Gasteiger partial charge in [0.1, 0.15) is 9.88 Å². The van der Waals surface area contributed by atoms with Crippen molar-refractivity contribution in [2.45, 2.75) is 24.9 Å². The highest BCUT2D eigenvalue weighted by molar-refractivity contribution is 7.22. The summed E-state index contributed by atoms with van der Waals surface area (Å²) in [6, 6.07) is 3.23. The lowest BCUT2D eigenvalue weighted by Crippen LogP contribution is -2.10. The normalized spacial score (nSPS) is 14.9. The number of nitrogens with zero attached hydrogens (tertiary/aromatic N) is 2. The number of thiophene rings is 1. The second kappa shape index (κ2) is 5.93. The van der Waals surface area contributed by atoms with Gasteiger partial charge in [0.2, 0.25) is 5.13 Å². The summed E-state index contributed by atoms with van der Waals surface area (Å²) in [5.41, 5.74) is -0.775. The van der Waals surface area contributed by atoms with Crippen molar-refractivity contribution in [3.05, 3.63) is 38.7 Å². The Morgan fingerprint density at radius 3 is 2.68 bits per heavy atom. The van der Waals surface area contributed by atoms with E-state index in [1.54, 1.807) is 0 Å². The molecule has 1 fully saturated rings. The third-order valence-electron chi connectivity index (χ3n) is 3.75. The number of benzene rings is 1. The Morgan fingerprint density at radius 2 is 2.00 bits per heavy atom. The molecule has 0 spiro atoms. The average molecular weight is 404 g/mol. The fourth-order valence-electron chi connectivity index (χ4n) is 2.32. The van der Waals surface area contributed by atoms with Crippen LogP contribution in [-0.2, 0) is 6.18 Å². The lowest BCUT2D eigenvalue weighted by molar-refractivity contribution is -0.137. The highest BCUT2D eigenvalue weighted by Gasteiger charge is 2.31. The summed E-state index contributed by atoms with van der Waals surface area (Å²) in [6.45, 7) is 0. The molecular formula is C15H9ClF3N3OS2. The first-order valence-corrected chi connectivity index (χ1v) is 9.28. The van der Waals surface area contributed by atoms with Crippen LogP contribution in [0, 0.1) is 0 Å². The molecule has 1 amide bonds. The third kappa shape index (κ3) is 3.23. The molecule has 0 radical (unpaired) electrons. The number of alkyl halides is 3. The maximum atomic E-state index is 12.8. The monoisotopic (exact) mass is 403 g/mol. The number of rotatable bonds is 3. The summed E-state index contributed by atoms with van der Waals surface area (Å²) in [5, 5.41) is 12.4. The number of carbonyl (C=O) groups excluding carboxylic acids is 1. The van der Waals surface area contributed by atoms with E-state index in [1.807, 2.05) is 0 Å². The second-order valence-electron chi connectivity index (χ2n) is 5.63. The molecule has 2 heterocycles. The highest BCUT2D eigenvalue weighted by atomic mass is 35.5. The lowest BCUT2D eigenvalue weighted by Gasteiger charge is -2.05. The summed E-state index contributed by atoms with van der Waals surface area (Å²) in [4.78, 5) is 12.6. The smallest absolute Gasteiger partial charge is 0.296 e. The van der Waals surface area contributed by atoms with E-state index in [-0.39, 0.29) is 9.90 Å². The maximum absolute atomic E-state index is 12.8. The van der Waals surface area contributed by atoms with Crippen LogP contribution in [0.1, 0.15) is 39.0 Å². The van der Waals surface area contributed by atoms with Crippen LogP contribution in [0.3, 0.4) is 0 Å². The van der Waals surface area contributed by atoms with Crippen LogP contribution in [0.4, 0.5) is 18.3 Å². The van der Waals surface area contributed by atoms with Crippen molar-refractivity contribution < 1.29 is 18.0 Å². The minimum atomic E-state index is -4.45. The molecule has 1 aromatic carbocycles. The van der Waals surface area contributed by atoms with Crippen LogP contribution < -0.4 is 5.32 Å². The predicted octanol–water partition coefficient (Wildman–Crippen LogP) is 5.55. The summed E-state index contributed by atoms with van der Waals surface area (Å²) < 4.78 is 38.8. The van der Waals surface area contributed by atoms with Crippen molar-refractivity contribution in [3.63, 3.8) is 0 Å². The predicted molar refractivity (Wildman–Crippen MR) is 91.7 cm³/mol. The van der Waals surface area contributed by atoms with Crippen LogP contribution in [0.15, 0.2) is 18.2 Å². The van der Waals surface area contributed by atoms with Gasteiger partial charge in [-0.05, 0) is 25.0 Å². The topological polar surface area (TPSA) is 54.9 Å². The van der Waals surface area contributed by atoms with Gasteiger partial charge in [-0.2, -0.15) is 13.2 Å². The van der Waals surface area contributed by atoms with Gasteiger partial charge in [0.25, 0.3) is 5.91 Å². The first kappa shape index (κ1) is 16.7. The maximum Gasteiger partial charge on any atom is 0.416 e. The Hall–Kier alpha value is -1.71. The fourth-order valence-corrected chi connectivity index (χ4v) is 4.68. The Labute approximate surface area is 152 Å². The molecule has 0 aliphatic heterocycles. The number of carbonyl (C=O) groups is 1. The number of hydrogen-bond donors (Lipinski definition) is 1. The van der Waals surface area contributed by atoms with Gasteiger partial charge >= 0.3 is 6.18 Å². The zero-order valence-corrected chi connectivity index (χ0v) is 14.7. The molecule has 1 saturated carbocycles. The number of anilines is 1. The molecule has 0 saturated heterocycles. The van der Waals surface area contributed by atoms with Crippen LogP contribution in [0.2, 0.25) is 5.02 Å². The lowest BCUT2D eigenvalue weighted by atomic mass is 10.1. The largest absolute Gasteiger partial charge is 0.416 e. The van der Waals surface area contributed by atoms with Crippen LogP contribution in [0.25, 0.3) is 10.1 Å². The summed E-state index contributed by atoms with van der Waals surface area (Å²) in [5.74, 6) is -0.0740. The molecule has 4 nitrogen and oxygen atoms in total. The number of amides is 1. The number of fused-ring (bicyclic) bond motifs is 1. The summed E-state index contributed by atoms with van der Waals surface area (Å²) in [7, 11) is 0. The quantitative estimate of drug-likeness (QED) is 0.623. The molecule has 0 unspecified atom stereocenters. The van der Waals surface area contributed by atoms with Gasteiger partial charge in [0, 0.05) is 16.0 Å². The van der Waals surface area contributed by atoms with Gasteiger partial charge in [0.15, 0.2) is 0 Å². The van der Waals surface area contributed by atoms with E-state index in [0.717, 1.165) is 41.3 Å². The Balaban J connectivity index is 1.62. The first-order chi connectivity index (χ1) is 11.8. The van der Waals surface area contributed by atoms with E-state index in [1.165, 1.54) is 17.4 Å². The minimum Gasteiger partial charge on any atom is -0.296 e. The van der Waals surface area contributed by atoms with E-state index in [0.29, 0.717) is 21.1 Å². The molecule has 4 rings (SSSR count). The Bertz CT molecular complexity index is 978. The van der Waals surface area contributed by atoms with Crippen LogP contribution >= 0.6 is 34.3 Å². The van der Waals surface area contributed by atoms with Gasteiger partial charge in [-0.15, -0.1) is 21.5 Å². The van der Waals surface area contributed by atoms with Crippen molar-refractivity contribution in [1.82, 2.24) is 10.2 Å². The van der Waals surface area contributed by atoms with Crippen molar-refractivity contribution in [2.75, 3.05) is 5.32 Å². The van der Waals surface area contributed by atoms with E-state index in [4.69, 9.17) is 11.6 Å². The summed E-state index contributed by atoms with van der Waals surface area (Å²) >= 11 is 8.41. The van der Waals surface area contributed by atoms with Crippen molar-refractivity contribution in [2.24, 2.45) is 0 Å². The molecule has 3 aromatic rings. The highest BCUT2D eigenvalue weighted by Crippen LogP contribution is 2.42. The number of hydrogen-bond acceptors (Lipinski definition) is 5. The van der Waals surface area contributed by atoms with E-state index in [9.17, 15) is 18.0 Å². The van der Waals surface area contributed by atoms with Gasteiger partial charge in [-0.3, -0.25) is 10.1 Å². The van der Waals surface area contributed by atoms with Crippen LogP contribution in [-0.4, -0.2) is 16.1 Å². The number of nitrogens with one attached hydrogen (secondary N) is 1. The number of aromatic nitrogens is 2. The van der Waals surface area contributed by atoms with Crippen molar-refractivity contribution >= 4 is 55.4 Å². The zero-order valence-electron chi connectivity index (χ0n) is 12.4. The van der Waals surface area contributed by atoms with Gasteiger partial charge < -0.3 is 0 Å². The first-order valence-electron chi connectivity index (χ1n) is 7.27. The molecule has 0 bridgehead atoms. The Morgan fingerprint density at radius 1 is 1.24 bits per heavy atom. The van der Waals surface area contributed by atoms with E-state index in [2.05, 4.69) is 15.5 Å². The SMILES string of the molecule is O=C(Nc1nnc(C2CC2)s1)c1sc2cc(C(F)(F)F)ccc2c1Cl. The molecule has 1 aliphatic carbocycles. The summed E-state index contributed by atoms with van der Waals surface area (Å²) in [6.07, 6.45) is -2.29. The molecule has 10 heteroatoms. The van der Waals surface area contributed by atoms with Gasteiger partial charge in [-0.25, -0.2) is 0 Å². The molecular weight excluding hydrogens is 395 g/mol. The van der Waals surface area contributed by atoms with Gasteiger partial charge in [-0.1, -0.05) is 29.0 Å². The minimum absolute atomic E-state index is 0.137. The van der Waals surface area contributed by atoms with Crippen molar-refractivity contribution in [1.29, 1.82) is 0 Å². The van der Waals surface area contributed by atoms with Crippen molar-refractivity contribution in [3.8, 4) is 0 Å². The fraction of sp³-hybridized carbons (Fsp3) is 0.267. The molecule has 2 aromatic heterocycles. The molecule has 1 aliphatic rings. The third-order valence-corrected chi connectivity index (χ3v) is 6.41. The molecule has 25 heavy (non-hydrogen) atoms. The zero-order chi connectivity index (χ0) is 17.8. The molecule has 130 valence electrons. The van der Waals surface area contributed by atoms with E-state index >= 15 is 0 Å². The number of halogens is 4. The molecule has 1 N–H and O–H groups in total. The molecule has 0 atom stereocenters. The Kier molecular flexibility index (Phi) is 3.97. The second-order valence-corrected chi connectivity index (χ2v) is 8.07. The van der Waals surface area contributed by atoms with Crippen LogP contribution in [0.5, 0.6) is 0 Å². The van der Waals surface area contributed by atoms with Gasteiger partial charge in [0.05, 0.1) is 10.6 Å².